The van der Waals surface area contributed by atoms with E-state index in [4.69, 9.17) is 0 Å². The molecule has 1 rings (SSSR count). The van der Waals surface area contributed by atoms with Crippen LogP contribution in [-0.4, -0.2) is 24.5 Å². The second-order valence-electron chi connectivity index (χ2n) is 6.55. The van der Waals surface area contributed by atoms with E-state index in [0.29, 0.717) is 23.9 Å². The minimum Gasteiger partial charge on any atom is -0.353 e. The molecule has 1 saturated carbocycles. The number of carbonyl (C=O) groups is 1. The Hall–Kier alpha value is -0.570. The number of carbonyl (C=O) groups excluding carboxylic acids is 1. The van der Waals surface area contributed by atoms with Crippen molar-refractivity contribution in [1.82, 2.24) is 10.6 Å². The quantitative estimate of drug-likeness (QED) is 0.717. The van der Waals surface area contributed by atoms with Crippen molar-refractivity contribution in [2.24, 2.45) is 5.41 Å². The lowest BCUT2D eigenvalue weighted by Crippen LogP contribution is -2.33. The highest BCUT2D eigenvalue weighted by atomic mass is 16.1. The van der Waals surface area contributed by atoms with E-state index in [1.807, 2.05) is 0 Å². The Balaban J connectivity index is 1.98. The predicted molar refractivity (Wildman–Crippen MR) is 71.9 cm³/mol. The Morgan fingerprint density at radius 1 is 1.35 bits per heavy atom. The third-order valence-corrected chi connectivity index (χ3v) is 3.11. The SMILES string of the molecule is CC(CCC(C)(C)C)NCCC(=O)NC1CC1. The first-order chi connectivity index (χ1) is 7.87. The fourth-order valence-electron chi connectivity index (χ4n) is 1.71. The predicted octanol–water partition coefficient (Wildman–Crippen LogP) is 2.46. The molecule has 0 aromatic heterocycles. The van der Waals surface area contributed by atoms with Gasteiger partial charge >= 0.3 is 0 Å². The van der Waals surface area contributed by atoms with Gasteiger partial charge < -0.3 is 10.6 Å². The summed E-state index contributed by atoms with van der Waals surface area (Å²) in [4.78, 5) is 11.4. The van der Waals surface area contributed by atoms with Crippen LogP contribution in [0.4, 0.5) is 0 Å². The lowest BCUT2D eigenvalue weighted by Gasteiger charge is -2.21. The molecule has 0 radical (unpaired) electrons. The molecule has 0 aromatic rings. The molecule has 0 aliphatic heterocycles. The smallest absolute Gasteiger partial charge is 0.221 e. The van der Waals surface area contributed by atoms with Crippen LogP contribution in [0.15, 0.2) is 0 Å². The number of rotatable bonds is 7. The first kappa shape index (κ1) is 14.5. The maximum absolute atomic E-state index is 11.4. The van der Waals surface area contributed by atoms with Gasteiger partial charge in [-0.2, -0.15) is 0 Å². The van der Waals surface area contributed by atoms with Crippen LogP contribution in [0.1, 0.15) is 59.8 Å². The number of hydrogen-bond donors (Lipinski definition) is 2. The summed E-state index contributed by atoms with van der Waals surface area (Å²) in [5.74, 6) is 0.197. The number of nitrogens with one attached hydrogen (secondary N) is 2. The highest BCUT2D eigenvalue weighted by molar-refractivity contribution is 5.76. The van der Waals surface area contributed by atoms with Gasteiger partial charge in [-0.25, -0.2) is 0 Å². The van der Waals surface area contributed by atoms with Crippen LogP contribution < -0.4 is 10.6 Å². The zero-order valence-electron chi connectivity index (χ0n) is 11.8. The Morgan fingerprint density at radius 2 is 2.00 bits per heavy atom. The van der Waals surface area contributed by atoms with E-state index in [-0.39, 0.29) is 5.91 Å². The third kappa shape index (κ3) is 8.19. The summed E-state index contributed by atoms with van der Waals surface area (Å²) in [5, 5.41) is 6.42. The van der Waals surface area contributed by atoms with Gasteiger partial charge in [-0.3, -0.25) is 4.79 Å². The second-order valence-corrected chi connectivity index (χ2v) is 6.55. The Labute approximate surface area is 106 Å². The topological polar surface area (TPSA) is 41.1 Å². The van der Waals surface area contributed by atoms with Crippen LogP contribution >= 0.6 is 0 Å². The standard InChI is InChI=1S/C14H28N2O/c1-11(7-9-14(2,3)4)15-10-8-13(17)16-12-5-6-12/h11-12,15H,5-10H2,1-4H3,(H,16,17). The van der Waals surface area contributed by atoms with Gasteiger partial charge in [-0.1, -0.05) is 20.8 Å². The second kappa shape index (κ2) is 6.39. The van der Waals surface area contributed by atoms with Gasteiger partial charge in [0.2, 0.25) is 5.91 Å². The molecule has 2 N–H and O–H groups in total. The average Bonchev–Trinajstić information content (AvgIpc) is 2.97. The van der Waals surface area contributed by atoms with Crippen LogP contribution in [0.5, 0.6) is 0 Å². The number of hydrogen-bond acceptors (Lipinski definition) is 2. The molecule has 1 aliphatic carbocycles. The summed E-state index contributed by atoms with van der Waals surface area (Å²) in [6, 6.07) is 0.990. The van der Waals surface area contributed by atoms with Gasteiger partial charge in [-0.15, -0.1) is 0 Å². The molecular weight excluding hydrogens is 212 g/mol. The van der Waals surface area contributed by atoms with Crippen molar-refractivity contribution >= 4 is 5.91 Å². The van der Waals surface area contributed by atoms with Gasteiger partial charge in [0.25, 0.3) is 0 Å². The Morgan fingerprint density at radius 3 is 2.53 bits per heavy atom. The van der Waals surface area contributed by atoms with Crippen molar-refractivity contribution in [3.63, 3.8) is 0 Å². The highest BCUT2D eigenvalue weighted by Gasteiger charge is 2.22. The molecule has 0 bridgehead atoms. The summed E-state index contributed by atoms with van der Waals surface area (Å²) >= 11 is 0. The van der Waals surface area contributed by atoms with E-state index in [2.05, 4.69) is 38.3 Å². The van der Waals surface area contributed by atoms with Crippen LogP contribution in [-0.2, 0) is 4.79 Å². The molecule has 3 nitrogen and oxygen atoms in total. The Kier molecular flexibility index (Phi) is 5.44. The largest absolute Gasteiger partial charge is 0.353 e. The molecule has 0 aromatic carbocycles. The lowest BCUT2D eigenvalue weighted by atomic mass is 9.89. The fourth-order valence-corrected chi connectivity index (χ4v) is 1.71. The first-order valence-corrected chi connectivity index (χ1v) is 6.89. The molecule has 1 unspecified atom stereocenters. The molecular formula is C14H28N2O. The molecule has 1 amide bonds. The first-order valence-electron chi connectivity index (χ1n) is 6.89. The van der Waals surface area contributed by atoms with Crippen molar-refractivity contribution in [2.45, 2.75) is 71.9 Å². The monoisotopic (exact) mass is 240 g/mol. The van der Waals surface area contributed by atoms with Crippen molar-refractivity contribution in [3.05, 3.63) is 0 Å². The highest BCUT2D eigenvalue weighted by Crippen LogP contribution is 2.21. The lowest BCUT2D eigenvalue weighted by molar-refractivity contribution is -0.121. The molecule has 100 valence electrons. The summed E-state index contributed by atoms with van der Waals surface area (Å²) in [5.41, 5.74) is 0.402. The molecule has 3 heteroatoms. The van der Waals surface area contributed by atoms with Gasteiger partial charge in [0.05, 0.1) is 0 Å². The number of amides is 1. The normalized spacial score (nSPS) is 17.9. The minimum absolute atomic E-state index is 0.197. The summed E-state index contributed by atoms with van der Waals surface area (Å²) < 4.78 is 0. The van der Waals surface area contributed by atoms with Crippen molar-refractivity contribution in [1.29, 1.82) is 0 Å². The summed E-state index contributed by atoms with van der Waals surface area (Å²) in [6.45, 7) is 9.79. The molecule has 0 spiro atoms. The van der Waals surface area contributed by atoms with Gasteiger partial charge in [0.1, 0.15) is 0 Å². The van der Waals surface area contributed by atoms with Gasteiger partial charge in [-0.05, 0) is 38.0 Å². The summed E-state index contributed by atoms with van der Waals surface area (Å²) in [6.07, 6.45) is 5.34. The van der Waals surface area contributed by atoms with E-state index in [0.717, 1.165) is 6.54 Å². The van der Waals surface area contributed by atoms with Crippen LogP contribution in [0, 0.1) is 5.41 Å². The van der Waals surface area contributed by atoms with Crippen LogP contribution in [0.25, 0.3) is 0 Å². The van der Waals surface area contributed by atoms with E-state index in [1.165, 1.54) is 25.7 Å². The van der Waals surface area contributed by atoms with Crippen molar-refractivity contribution in [2.75, 3.05) is 6.54 Å². The fraction of sp³-hybridized carbons (Fsp3) is 0.929. The maximum atomic E-state index is 11.4. The zero-order valence-corrected chi connectivity index (χ0v) is 11.8. The van der Waals surface area contributed by atoms with E-state index in [1.54, 1.807) is 0 Å². The molecule has 1 aliphatic rings. The minimum atomic E-state index is 0.197. The van der Waals surface area contributed by atoms with E-state index >= 15 is 0 Å². The zero-order chi connectivity index (χ0) is 12.9. The molecule has 0 saturated heterocycles. The third-order valence-electron chi connectivity index (χ3n) is 3.11. The molecule has 17 heavy (non-hydrogen) atoms. The van der Waals surface area contributed by atoms with Crippen molar-refractivity contribution in [3.8, 4) is 0 Å². The van der Waals surface area contributed by atoms with Crippen LogP contribution in [0.2, 0.25) is 0 Å². The van der Waals surface area contributed by atoms with E-state index in [9.17, 15) is 4.79 Å². The summed E-state index contributed by atoms with van der Waals surface area (Å²) in [7, 11) is 0. The molecule has 1 fully saturated rings. The van der Waals surface area contributed by atoms with E-state index < -0.39 is 0 Å². The van der Waals surface area contributed by atoms with Gasteiger partial charge in [0.15, 0.2) is 0 Å². The van der Waals surface area contributed by atoms with Gasteiger partial charge in [0, 0.05) is 25.0 Å². The van der Waals surface area contributed by atoms with Crippen LogP contribution in [0.3, 0.4) is 0 Å². The average molecular weight is 240 g/mol. The molecule has 0 heterocycles. The Bertz CT molecular complexity index is 241. The maximum Gasteiger partial charge on any atom is 0.221 e. The molecule has 1 atom stereocenters. The van der Waals surface area contributed by atoms with Crippen molar-refractivity contribution < 1.29 is 4.79 Å².